The van der Waals surface area contributed by atoms with Gasteiger partial charge in [0.2, 0.25) is 0 Å². The van der Waals surface area contributed by atoms with Crippen molar-refractivity contribution >= 4 is 16.7 Å². The largest absolute Gasteiger partial charge is 0.345 e. The van der Waals surface area contributed by atoms with Crippen molar-refractivity contribution in [1.82, 2.24) is 4.90 Å². The minimum Gasteiger partial charge on any atom is -0.345 e. The summed E-state index contributed by atoms with van der Waals surface area (Å²) >= 11 is 0. The number of nitrogens with zero attached hydrogens (tertiary/aromatic N) is 1. The predicted octanol–water partition coefficient (Wildman–Crippen LogP) is 2.85. The molecule has 2 rings (SSSR count). The van der Waals surface area contributed by atoms with Crippen LogP contribution in [0.5, 0.6) is 0 Å². The summed E-state index contributed by atoms with van der Waals surface area (Å²) in [6.07, 6.45) is 0. The summed E-state index contributed by atoms with van der Waals surface area (Å²) in [5.41, 5.74) is 1.83. The third-order valence-electron chi connectivity index (χ3n) is 2.76. The van der Waals surface area contributed by atoms with Crippen molar-refractivity contribution in [2.75, 3.05) is 14.1 Å². The van der Waals surface area contributed by atoms with Crippen molar-refractivity contribution < 1.29 is 4.79 Å². The second-order valence-corrected chi connectivity index (χ2v) is 4.18. The summed E-state index contributed by atoms with van der Waals surface area (Å²) in [7, 11) is 3.56. The van der Waals surface area contributed by atoms with Crippen LogP contribution in [0, 0.1) is 6.92 Å². The summed E-state index contributed by atoms with van der Waals surface area (Å²) < 4.78 is 0. The molecule has 0 spiro atoms. The summed E-state index contributed by atoms with van der Waals surface area (Å²) in [5, 5.41) is 2.14. The van der Waals surface area contributed by atoms with Crippen molar-refractivity contribution in [1.29, 1.82) is 0 Å². The number of carbonyl (C=O) groups excluding carboxylic acids is 1. The van der Waals surface area contributed by atoms with E-state index in [-0.39, 0.29) is 5.91 Å². The van der Waals surface area contributed by atoms with Crippen LogP contribution in [0.15, 0.2) is 36.4 Å². The van der Waals surface area contributed by atoms with E-state index in [9.17, 15) is 4.79 Å². The van der Waals surface area contributed by atoms with E-state index in [4.69, 9.17) is 0 Å². The Labute approximate surface area is 95.5 Å². The molecular formula is C14H15NO. The first-order valence-electron chi connectivity index (χ1n) is 5.31. The Bertz CT molecular complexity index is 543. The van der Waals surface area contributed by atoms with E-state index in [1.807, 2.05) is 37.3 Å². The predicted molar refractivity (Wildman–Crippen MR) is 66.7 cm³/mol. The summed E-state index contributed by atoms with van der Waals surface area (Å²) in [6, 6.07) is 12.0. The Morgan fingerprint density at radius 1 is 1.06 bits per heavy atom. The molecule has 0 saturated heterocycles. The van der Waals surface area contributed by atoms with Crippen LogP contribution in [0.2, 0.25) is 0 Å². The summed E-state index contributed by atoms with van der Waals surface area (Å²) in [5.74, 6) is 0.0642. The number of fused-ring (bicyclic) bond motifs is 1. The number of hydrogen-bond donors (Lipinski definition) is 0. The second-order valence-electron chi connectivity index (χ2n) is 4.18. The third-order valence-corrected chi connectivity index (χ3v) is 2.76. The fraction of sp³-hybridized carbons (Fsp3) is 0.214. The average molecular weight is 213 g/mol. The van der Waals surface area contributed by atoms with Crippen molar-refractivity contribution in [2.24, 2.45) is 0 Å². The Morgan fingerprint density at radius 3 is 2.44 bits per heavy atom. The van der Waals surface area contributed by atoms with Gasteiger partial charge in [-0.05, 0) is 23.3 Å². The van der Waals surface area contributed by atoms with E-state index in [0.717, 1.165) is 21.9 Å². The van der Waals surface area contributed by atoms with Crippen molar-refractivity contribution in [3.8, 4) is 0 Å². The molecule has 82 valence electrons. The van der Waals surface area contributed by atoms with Gasteiger partial charge in [-0.25, -0.2) is 0 Å². The molecule has 1 amide bonds. The van der Waals surface area contributed by atoms with Crippen LogP contribution in [-0.4, -0.2) is 24.9 Å². The van der Waals surface area contributed by atoms with Gasteiger partial charge in [0.15, 0.2) is 0 Å². The minimum atomic E-state index is 0.0642. The molecule has 0 aromatic heterocycles. The van der Waals surface area contributed by atoms with Crippen LogP contribution >= 0.6 is 0 Å². The van der Waals surface area contributed by atoms with Crippen LogP contribution < -0.4 is 0 Å². The molecule has 0 unspecified atom stereocenters. The van der Waals surface area contributed by atoms with E-state index >= 15 is 0 Å². The smallest absolute Gasteiger partial charge is 0.254 e. The van der Waals surface area contributed by atoms with Crippen molar-refractivity contribution in [2.45, 2.75) is 6.92 Å². The van der Waals surface area contributed by atoms with Crippen LogP contribution in [0.3, 0.4) is 0 Å². The van der Waals surface area contributed by atoms with Gasteiger partial charge >= 0.3 is 0 Å². The lowest BCUT2D eigenvalue weighted by Crippen LogP contribution is -2.22. The molecule has 0 aliphatic heterocycles. The molecule has 0 saturated carbocycles. The van der Waals surface area contributed by atoms with Gasteiger partial charge in [0.05, 0.1) is 5.56 Å². The second kappa shape index (κ2) is 3.97. The maximum absolute atomic E-state index is 12.1. The van der Waals surface area contributed by atoms with Crippen LogP contribution in [0.4, 0.5) is 0 Å². The lowest BCUT2D eigenvalue weighted by molar-refractivity contribution is 0.0829. The van der Waals surface area contributed by atoms with Crippen molar-refractivity contribution in [3.05, 3.63) is 47.5 Å². The van der Waals surface area contributed by atoms with Gasteiger partial charge in [-0.2, -0.15) is 0 Å². The molecule has 0 bridgehead atoms. The molecule has 0 aliphatic rings. The normalized spacial score (nSPS) is 10.4. The standard InChI is InChI=1S/C14H15NO/c1-10-8-9-11-6-4-5-7-12(11)13(10)14(16)15(2)3/h4-9H,1-3H3. The first kappa shape index (κ1) is 10.7. The van der Waals surface area contributed by atoms with Gasteiger partial charge in [0.25, 0.3) is 5.91 Å². The molecule has 2 aromatic carbocycles. The maximum atomic E-state index is 12.1. The van der Waals surface area contributed by atoms with Gasteiger partial charge < -0.3 is 4.90 Å². The van der Waals surface area contributed by atoms with Gasteiger partial charge in [0.1, 0.15) is 0 Å². The fourth-order valence-corrected chi connectivity index (χ4v) is 1.89. The Kier molecular flexibility index (Phi) is 2.65. The monoisotopic (exact) mass is 213 g/mol. The van der Waals surface area contributed by atoms with Crippen LogP contribution in [0.25, 0.3) is 10.8 Å². The summed E-state index contributed by atoms with van der Waals surface area (Å²) in [6.45, 7) is 1.98. The number of rotatable bonds is 1. The lowest BCUT2D eigenvalue weighted by atomic mass is 9.99. The Balaban J connectivity index is 2.75. The molecule has 2 aromatic rings. The van der Waals surface area contributed by atoms with Gasteiger partial charge in [-0.15, -0.1) is 0 Å². The number of benzene rings is 2. The first-order valence-corrected chi connectivity index (χ1v) is 5.31. The number of carbonyl (C=O) groups is 1. The minimum absolute atomic E-state index is 0.0642. The Morgan fingerprint density at radius 2 is 1.75 bits per heavy atom. The van der Waals surface area contributed by atoms with E-state index < -0.39 is 0 Å². The lowest BCUT2D eigenvalue weighted by Gasteiger charge is -2.14. The first-order chi connectivity index (χ1) is 7.61. The van der Waals surface area contributed by atoms with E-state index in [1.54, 1.807) is 19.0 Å². The molecule has 16 heavy (non-hydrogen) atoms. The van der Waals surface area contributed by atoms with Crippen LogP contribution in [0.1, 0.15) is 15.9 Å². The zero-order valence-corrected chi connectivity index (χ0v) is 9.82. The van der Waals surface area contributed by atoms with Gasteiger partial charge in [-0.3, -0.25) is 4.79 Å². The Hall–Kier alpha value is -1.83. The molecule has 0 radical (unpaired) electrons. The molecule has 0 fully saturated rings. The topological polar surface area (TPSA) is 20.3 Å². The highest BCUT2D eigenvalue weighted by Gasteiger charge is 2.14. The van der Waals surface area contributed by atoms with Gasteiger partial charge in [0, 0.05) is 14.1 Å². The van der Waals surface area contributed by atoms with E-state index in [0.29, 0.717) is 0 Å². The van der Waals surface area contributed by atoms with Crippen LogP contribution in [-0.2, 0) is 0 Å². The molecular weight excluding hydrogens is 198 g/mol. The maximum Gasteiger partial charge on any atom is 0.254 e. The molecule has 0 atom stereocenters. The summed E-state index contributed by atoms with van der Waals surface area (Å²) in [4.78, 5) is 13.7. The number of hydrogen-bond acceptors (Lipinski definition) is 1. The highest BCUT2D eigenvalue weighted by Crippen LogP contribution is 2.22. The highest BCUT2D eigenvalue weighted by molar-refractivity contribution is 6.08. The SMILES string of the molecule is Cc1ccc2ccccc2c1C(=O)N(C)C. The molecule has 0 N–H and O–H groups in total. The zero-order chi connectivity index (χ0) is 11.7. The fourth-order valence-electron chi connectivity index (χ4n) is 1.89. The highest BCUT2D eigenvalue weighted by atomic mass is 16.2. The quantitative estimate of drug-likeness (QED) is 0.713. The van der Waals surface area contributed by atoms with E-state index in [2.05, 4.69) is 6.07 Å². The molecule has 0 aliphatic carbocycles. The average Bonchev–Trinajstić information content (AvgIpc) is 2.28. The molecule has 0 heterocycles. The number of aryl methyl sites for hydroxylation is 1. The molecule has 2 nitrogen and oxygen atoms in total. The van der Waals surface area contributed by atoms with E-state index in [1.165, 1.54) is 0 Å². The zero-order valence-electron chi connectivity index (χ0n) is 9.82. The number of amides is 1. The van der Waals surface area contributed by atoms with Crippen molar-refractivity contribution in [3.63, 3.8) is 0 Å². The molecule has 2 heteroatoms. The van der Waals surface area contributed by atoms with Gasteiger partial charge in [-0.1, -0.05) is 36.4 Å². The third kappa shape index (κ3) is 1.67.